The molecule has 4 heterocycles. The van der Waals surface area contributed by atoms with E-state index in [9.17, 15) is 27.4 Å². The molecule has 1 fully saturated rings. The fourth-order valence-electron chi connectivity index (χ4n) is 13.8. The van der Waals surface area contributed by atoms with E-state index in [1.54, 1.807) is 44.3 Å². The number of nitrogens with one attached hydrogen (secondary N) is 3. The number of carbonyl (C=O) groups excluding carboxylic acids is 3. The molecule has 4 aliphatic heterocycles. The van der Waals surface area contributed by atoms with Crippen molar-refractivity contribution in [2.75, 3.05) is 105 Å². The molecule has 4 N–H and O–H groups in total. The van der Waals surface area contributed by atoms with Gasteiger partial charge in [-0.15, -0.1) is 0 Å². The summed E-state index contributed by atoms with van der Waals surface area (Å²) in [7, 11) is 3.08. The van der Waals surface area contributed by atoms with Crippen molar-refractivity contribution in [3.63, 3.8) is 0 Å². The van der Waals surface area contributed by atoms with E-state index in [-0.39, 0.29) is 61.2 Å². The highest BCUT2D eigenvalue weighted by molar-refractivity contribution is 8.77. The van der Waals surface area contributed by atoms with Gasteiger partial charge in [0.2, 0.25) is 5.91 Å². The third-order valence-electron chi connectivity index (χ3n) is 18.6. The van der Waals surface area contributed by atoms with E-state index in [1.165, 1.54) is 10.8 Å². The van der Waals surface area contributed by atoms with Crippen LogP contribution >= 0.6 is 21.6 Å². The number of anilines is 5. The molecular formula is C69H90N6O13S3. The minimum Gasteiger partial charge on any atom is -0.493 e. The molecule has 5 aliphatic rings. The zero-order valence-corrected chi connectivity index (χ0v) is 56.3. The van der Waals surface area contributed by atoms with Crippen LogP contribution in [0, 0.1) is 5.92 Å². The molecule has 1 saturated carbocycles. The topological polar surface area (TPSA) is 216 Å². The molecule has 0 bridgehead atoms. The lowest BCUT2D eigenvalue weighted by atomic mass is 9.71. The number of nitrogens with zero attached hydrogens (tertiary/aromatic N) is 3. The summed E-state index contributed by atoms with van der Waals surface area (Å²) in [5.74, 6) is 1.35. The molecule has 492 valence electrons. The van der Waals surface area contributed by atoms with Gasteiger partial charge in [0.25, 0.3) is 21.9 Å². The van der Waals surface area contributed by atoms with Crippen LogP contribution in [0.1, 0.15) is 129 Å². The molecule has 4 atom stereocenters. The minimum atomic E-state index is -4.72. The monoisotopic (exact) mass is 1310 g/mol. The van der Waals surface area contributed by atoms with Gasteiger partial charge in [-0.25, -0.2) is 0 Å². The maximum absolute atomic E-state index is 14.5. The lowest BCUT2D eigenvalue weighted by Crippen LogP contribution is -2.57. The maximum Gasteiger partial charge on any atom is 0.276 e. The van der Waals surface area contributed by atoms with Gasteiger partial charge in [0.15, 0.2) is 28.2 Å². The molecule has 5 aromatic carbocycles. The Kier molecular flexibility index (Phi) is 22.3. The van der Waals surface area contributed by atoms with E-state index in [2.05, 4.69) is 65.9 Å². The van der Waals surface area contributed by atoms with E-state index in [4.69, 9.17) is 33.2 Å². The van der Waals surface area contributed by atoms with Gasteiger partial charge in [0, 0.05) is 78.0 Å². The van der Waals surface area contributed by atoms with Crippen molar-refractivity contribution in [1.29, 1.82) is 0 Å². The van der Waals surface area contributed by atoms with Gasteiger partial charge in [0.1, 0.15) is 13.2 Å². The van der Waals surface area contributed by atoms with Gasteiger partial charge in [-0.05, 0) is 136 Å². The lowest BCUT2D eigenvalue weighted by molar-refractivity contribution is -0.124. The Balaban J connectivity index is 0.923. The van der Waals surface area contributed by atoms with E-state index in [1.807, 2.05) is 78.2 Å². The van der Waals surface area contributed by atoms with Crippen molar-refractivity contribution in [2.24, 2.45) is 5.92 Å². The Labute approximate surface area is 544 Å². The number of hydrogen-bond acceptors (Lipinski definition) is 17. The number of amides is 3. The van der Waals surface area contributed by atoms with Crippen LogP contribution in [0.2, 0.25) is 0 Å². The van der Waals surface area contributed by atoms with Crippen molar-refractivity contribution >= 4 is 77.9 Å². The second-order valence-electron chi connectivity index (χ2n) is 25.0. The second-order valence-corrected chi connectivity index (χ2v) is 29.7. The summed E-state index contributed by atoms with van der Waals surface area (Å²) in [6, 6.07) is 29.2. The first kappa shape index (κ1) is 67.5. The Morgan fingerprint density at radius 1 is 0.747 bits per heavy atom. The predicted octanol–water partition coefficient (Wildman–Crippen LogP) is 11.8. The Morgan fingerprint density at radius 3 is 1.96 bits per heavy atom. The van der Waals surface area contributed by atoms with E-state index >= 15 is 0 Å². The van der Waals surface area contributed by atoms with Crippen LogP contribution in [0.3, 0.4) is 0 Å². The summed E-state index contributed by atoms with van der Waals surface area (Å²) in [6.07, 6.45) is 8.01. The maximum atomic E-state index is 14.5. The zero-order chi connectivity index (χ0) is 64.5. The number of methoxy groups -OCH3 is 3. The average molecular weight is 1310 g/mol. The van der Waals surface area contributed by atoms with Crippen molar-refractivity contribution in [2.45, 2.75) is 146 Å². The number of para-hydroxylation sites is 2. The summed E-state index contributed by atoms with van der Waals surface area (Å²) >= 11 is 0. The SMILES string of the molecule is CCC(CC)(NC(=O)C(CCSSC(C)(C)CN(CCOCCOCCOC)c1cc(COc2cc3c(cc2OC)C(=O)N2c4ccccc4C[C@H]2CN3)cc(COc2cc3c(cc2OC)C(=O)N2c4ccccc4C[C@H]2C(C)N3)c1)S(=O)(=O)O)C1CCCCC1. The largest absolute Gasteiger partial charge is 0.493 e. The molecule has 3 amide bonds. The third-order valence-corrected chi connectivity index (χ3v) is 23.0. The third kappa shape index (κ3) is 15.6. The summed E-state index contributed by atoms with van der Waals surface area (Å²) < 4.78 is 78.5. The molecule has 91 heavy (non-hydrogen) atoms. The smallest absolute Gasteiger partial charge is 0.276 e. The summed E-state index contributed by atoms with van der Waals surface area (Å²) in [5, 5.41) is 8.75. The lowest BCUT2D eigenvalue weighted by Gasteiger charge is -2.43. The first-order valence-electron chi connectivity index (χ1n) is 32.0. The quantitative estimate of drug-likeness (QED) is 0.0184. The van der Waals surface area contributed by atoms with Gasteiger partial charge >= 0.3 is 0 Å². The predicted molar refractivity (Wildman–Crippen MR) is 362 cm³/mol. The van der Waals surface area contributed by atoms with E-state index < -0.39 is 31.6 Å². The Bertz CT molecular complexity index is 3490. The van der Waals surface area contributed by atoms with Crippen LogP contribution in [0.15, 0.2) is 91.0 Å². The van der Waals surface area contributed by atoms with E-state index in [0.29, 0.717) is 111 Å². The minimum absolute atomic E-state index is 0.0574. The molecule has 5 aromatic rings. The molecule has 0 saturated heterocycles. The number of benzene rings is 5. The van der Waals surface area contributed by atoms with Crippen LogP contribution in [0.4, 0.5) is 28.4 Å². The Hall–Kier alpha value is -6.40. The van der Waals surface area contributed by atoms with Crippen molar-refractivity contribution in [1.82, 2.24) is 5.32 Å². The number of ether oxygens (including phenoxy) is 7. The van der Waals surface area contributed by atoms with Gasteiger partial charge in [-0.3, -0.25) is 18.9 Å². The molecule has 22 heteroatoms. The van der Waals surface area contributed by atoms with E-state index in [0.717, 1.165) is 84.3 Å². The molecule has 0 spiro atoms. The zero-order valence-electron chi connectivity index (χ0n) is 53.8. The summed E-state index contributed by atoms with van der Waals surface area (Å²) in [6.45, 7) is 14.1. The second kappa shape index (κ2) is 30.1. The van der Waals surface area contributed by atoms with Gasteiger partial charge in [-0.2, -0.15) is 8.42 Å². The number of carbonyl (C=O) groups is 3. The normalized spacial score (nSPS) is 18.3. The van der Waals surface area contributed by atoms with Gasteiger partial charge < -0.3 is 63.8 Å². The molecule has 10 rings (SSSR count). The van der Waals surface area contributed by atoms with Gasteiger partial charge in [-0.1, -0.05) is 91.1 Å². The highest BCUT2D eigenvalue weighted by Crippen LogP contribution is 2.45. The fraction of sp³-hybridized carbons (Fsp3) is 0.522. The van der Waals surface area contributed by atoms with Crippen LogP contribution < -0.4 is 49.6 Å². The van der Waals surface area contributed by atoms with Crippen LogP contribution in [0.5, 0.6) is 23.0 Å². The highest BCUT2D eigenvalue weighted by atomic mass is 33.1. The van der Waals surface area contributed by atoms with Crippen molar-refractivity contribution in [3.8, 4) is 23.0 Å². The van der Waals surface area contributed by atoms with Crippen LogP contribution in [-0.2, 0) is 55.2 Å². The van der Waals surface area contributed by atoms with Crippen molar-refractivity contribution in [3.05, 3.63) is 124 Å². The molecule has 19 nitrogen and oxygen atoms in total. The highest BCUT2D eigenvalue weighted by Gasteiger charge is 2.44. The molecule has 2 unspecified atom stereocenters. The molecule has 0 radical (unpaired) electrons. The standard InChI is InChI=1S/C69H90N6O13S3/c1-9-69(10-2,50-20-12-11-13-21-50)72-65(76)64(91(79,80)81)24-31-89-90-68(4,5)44-73(25-26-85-29-30-86-28-27-82-6)51-33-46(42-87-62-39-55-53(37-60(62)83-7)66(77)74-52(41-70-55)35-48-18-14-16-22-57(48)74)32-47(34-51)43-88-63-40-56-54(38-61(63)84-8)67(78)75-58-23-17-15-19-49(58)36-59(75)45(3)71-56/h14-19,22-23,32-34,37-40,45,50,52,59,64,70-71H,9-13,20-21,24-31,35-36,41-44H2,1-8H3,(H,72,76)(H,79,80,81)/t45?,52-,59-,64?/m0/s1. The number of rotatable bonds is 31. The summed E-state index contributed by atoms with van der Waals surface area (Å²) in [5.41, 5.74) is 8.26. The summed E-state index contributed by atoms with van der Waals surface area (Å²) in [4.78, 5) is 48.9. The number of fused-ring (bicyclic) bond motifs is 8. The first-order chi connectivity index (χ1) is 43.9. The fourth-order valence-corrected chi connectivity index (χ4v) is 17.3. The Morgan fingerprint density at radius 2 is 1.33 bits per heavy atom. The van der Waals surface area contributed by atoms with Gasteiger partial charge in [0.05, 0.1) is 81.8 Å². The first-order valence-corrected chi connectivity index (χ1v) is 35.8. The molecular weight excluding hydrogens is 1220 g/mol. The van der Waals surface area contributed by atoms with Crippen molar-refractivity contribution < 1.29 is 60.5 Å². The molecule has 1 aliphatic carbocycles. The van der Waals surface area contributed by atoms with Crippen LogP contribution in [-0.4, -0.2) is 144 Å². The van der Waals surface area contributed by atoms with Crippen LogP contribution in [0.25, 0.3) is 0 Å². The number of hydrogen-bond donors (Lipinski definition) is 4. The average Bonchev–Trinajstić information content (AvgIpc) is 1.63. The molecule has 0 aromatic heterocycles.